The number of anilines is 2. The molecule has 0 spiro atoms. The predicted molar refractivity (Wildman–Crippen MR) is 72.9 cm³/mol. The Kier molecular flexibility index (Phi) is 2.60. The summed E-state index contributed by atoms with van der Waals surface area (Å²) in [6.07, 6.45) is 3.79. The Morgan fingerprint density at radius 3 is 2.35 bits per heavy atom. The molecular formula is C16H17N. The summed E-state index contributed by atoms with van der Waals surface area (Å²) < 4.78 is 0. The van der Waals surface area contributed by atoms with Crippen molar-refractivity contribution in [3.63, 3.8) is 0 Å². The largest absolute Gasteiger partial charge is 0.356 e. The summed E-state index contributed by atoms with van der Waals surface area (Å²) in [5.74, 6) is 0. The minimum absolute atomic E-state index is 1.16. The molecule has 86 valence electrons. The van der Waals surface area contributed by atoms with E-state index >= 15 is 0 Å². The number of nitrogens with one attached hydrogen (secondary N) is 1. The second-order valence-corrected chi connectivity index (χ2v) is 4.83. The van der Waals surface area contributed by atoms with Gasteiger partial charge in [-0.05, 0) is 61.6 Å². The van der Waals surface area contributed by atoms with Gasteiger partial charge >= 0.3 is 0 Å². The number of fused-ring (bicyclic) bond motifs is 1. The summed E-state index contributed by atoms with van der Waals surface area (Å²) in [6.45, 7) is 2.11. The fourth-order valence-corrected chi connectivity index (χ4v) is 2.45. The third-order valence-corrected chi connectivity index (χ3v) is 3.44. The van der Waals surface area contributed by atoms with Gasteiger partial charge in [0.25, 0.3) is 0 Å². The second-order valence-electron chi connectivity index (χ2n) is 4.83. The Labute approximate surface area is 102 Å². The lowest BCUT2D eigenvalue weighted by molar-refractivity contribution is 0.912. The molecule has 0 saturated heterocycles. The van der Waals surface area contributed by atoms with E-state index in [9.17, 15) is 0 Å². The van der Waals surface area contributed by atoms with E-state index in [-0.39, 0.29) is 0 Å². The van der Waals surface area contributed by atoms with Crippen LogP contribution in [0.1, 0.15) is 23.1 Å². The van der Waals surface area contributed by atoms with E-state index in [0.717, 1.165) is 5.69 Å². The number of hydrogen-bond donors (Lipinski definition) is 1. The maximum atomic E-state index is 3.46. The van der Waals surface area contributed by atoms with Gasteiger partial charge in [-0.1, -0.05) is 23.8 Å². The summed E-state index contributed by atoms with van der Waals surface area (Å²) in [7, 11) is 0. The van der Waals surface area contributed by atoms with Crippen molar-refractivity contribution in [1.29, 1.82) is 0 Å². The van der Waals surface area contributed by atoms with E-state index in [1.807, 2.05) is 0 Å². The van der Waals surface area contributed by atoms with Crippen molar-refractivity contribution in [1.82, 2.24) is 0 Å². The van der Waals surface area contributed by atoms with Crippen molar-refractivity contribution < 1.29 is 0 Å². The van der Waals surface area contributed by atoms with Gasteiger partial charge in [0.15, 0.2) is 0 Å². The lowest BCUT2D eigenvalue weighted by Gasteiger charge is -2.08. The van der Waals surface area contributed by atoms with Crippen LogP contribution in [0.2, 0.25) is 0 Å². The van der Waals surface area contributed by atoms with Crippen LogP contribution in [0, 0.1) is 6.92 Å². The van der Waals surface area contributed by atoms with Crippen LogP contribution in [0.15, 0.2) is 42.5 Å². The van der Waals surface area contributed by atoms with Gasteiger partial charge < -0.3 is 5.32 Å². The Hall–Kier alpha value is -1.76. The van der Waals surface area contributed by atoms with Crippen molar-refractivity contribution in [3.05, 3.63) is 59.2 Å². The molecule has 0 atom stereocenters. The molecule has 1 nitrogen and oxygen atoms in total. The topological polar surface area (TPSA) is 12.0 Å². The molecule has 0 heterocycles. The maximum absolute atomic E-state index is 3.46. The zero-order valence-corrected chi connectivity index (χ0v) is 10.2. The minimum Gasteiger partial charge on any atom is -0.356 e. The fourth-order valence-electron chi connectivity index (χ4n) is 2.45. The van der Waals surface area contributed by atoms with Crippen LogP contribution >= 0.6 is 0 Å². The van der Waals surface area contributed by atoms with Crippen LogP contribution < -0.4 is 5.32 Å². The van der Waals surface area contributed by atoms with Gasteiger partial charge in [0, 0.05) is 11.4 Å². The first-order chi connectivity index (χ1) is 8.31. The Bertz CT molecular complexity index is 526. The van der Waals surface area contributed by atoms with Crippen LogP contribution in [0.25, 0.3) is 0 Å². The lowest BCUT2D eigenvalue weighted by atomic mass is 10.1. The van der Waals surface area contributed by atoms with Gasteiger partial charge in [-0.2, -0.15) is 0 Å². The fraction of sp³-hybridized carbons (Fsp3) is 0.250. The number of hydrogen-bond acceptors (Lipinski definition) is 1. The Balaban J connectivity index is 1.83. The van der Waals surface area contributed by atoms with Crippen LogP contribution in [0.3, 0.4) is 0 Å². The molecule has 0 aliphatic heterocycles. The van der Waals surface area contributed by atoms with Crippen molar-refractivity contribution in [3.8, 4) is 0 Å². The van der Waals surface area contributed by atoms with Gasteiger partial charge in [0.1, 0.15) is 0 Å². The van der Waals surface area contributed by atoms with Crippen LogP contribution in [-0.2, 0) is 12.8 Å². The van der Waals surface area contributed by atoms with E-state index in [2.05, 4.69) is 54.7 Å². The molecule has 1 N–H and O–H groups in total. The van der Waals surface area contributed by atoms with E-state index in [4.69, 9.17) is 0 Å². The summed E-state index contributed by atoms with van der Waals surface area (Å²) in [6, 6.07) is 15.3. The van der Waals surface area contributed by atoms with Gasteiger partial charge in [0.2, 0.25) is 0 Å². The van der Waals surface area contributed by atoms with Crippen molar-refractivity contribution in [2.24, 2.45) is 0 Å². The average Bonchev–Trinajstić information content (AvgIpc) is 2.79. The average molecular weight is 223 g/mol. The van der Waals surface area contributed by atoms with E-state index < -0.39 is 0 Å². The Morgan fingerprint density at radius 1 is 0.824 bits per heavy atom. The van der Waals surface area contributed by atoms with Gasteiger partial charge in [-0.15, -0.1) is 0 Å². The first-order valence-corrected chi connectivity index (χ1v) is 6.27. The highest BCUT2D eigenvalue weighted by Crippen LogP contribution is 2.26. The molecule has 0 radical (unpaired) electrons. The molecule has 0 amide bonds. The number of rotatable bonds is 2. The third-order valence-electron chi connectivity index (χ3n) is 3.44. The highest BCUT2D eigenvalue weighted by Gasteiger charge is 2.10. The SMILES string of the molecule is Cc1ccc(Nc2ccc3c(c2)CCC3)cc1. The lowest BCUT2D eigenvalue weighted by Crippen LogP contribution is -1.92. The number of aryl methyl sites for hydroxylation is 3. The third kappa shape index (κ3) is 2.19. The summed E-state index contributed by atoms with van der Waals surface area (Å²) in [5, 5.41) is 3.46. The maximum Gasteiger partial charge on any atom is 0.0387 e. The minimum atomic E-state index is 1.16. The molecule has 2 aromatic rings. The molecule has 3 rings (SSSR count). The zero-order valence-electron chi connectivity index (χ0n) is 10.2. The summed E-state index contributed by atoms with van der Waals surface area (Å²) in [5.41, 5.74) is 6.70. The van der Waals surface area contributed by atoms with Gasteiger partial charge in [-0.3, -0.25) is 0 Å². The molecule has 0 saturated carbocycles. The monoisotopic (exact) mass is 223 g/mol. The van der Waals surface area contributed by atoms with E-state index in [0.29, 0.717) is 0 Å². The van der Waals surface area contributed by atoms with Crippen molar-refractivity contribution in [2.75, 3.05) is 5.32 Å². The van der Waals surface area contributed by atoms with Crippen molar-refractivity contribution in [2.45, 2.75) is 26.2 Å². The van der Waals surface area contributed by atoms with Crippen molar-refractivity contribution >= 4 is 11.4 Å². The standard InChI is InChI=1S/C16H17N/c1-12-5-8-15(9-6-12)17-16-10-7-13-3-2-4-14(13)11-16/h5-11,17H,2-4H2,1H3. The first kappa shape index (κ1) is 10.4. The van der Waals surface area contributed by atoms with Crippen LogP contribution in [0.4, 0.5) is 11.4 Å². The van der Waals surface area contributed by atoms with Crippen LogP contribution in [-0.4, -0.2) is 0 Å². The first-order valence-electron chi connectivity index (χ1n) is 6.27. The molecule has 1 aliphatic carbocycles. The molecule has 0 unspecified atom stereocenters. The zero-order chi connectivity index (χ0) is 11.7. The van der Waals surface area contributed by atoms with Gasteiger partial charge in [0.05, 0.1) is 0 Å². The van der Waals surface area contributed by atoms with Gasteiger partial charge in [-0.25, -0.2) is 0 Å². The molecule has 0 bridgehead atoms. The smallest absolute Gasteiger partial charge is 0.0387 e. The molecule has 1 heteroatoms. The van der Waals surface area contributed by atoms with Crippen LogP contribution in [0.5, 0.6) is 0 Å². The summed E-state index contributed by atoms with van der Waals surface area (Å²) >= 11 is 0. The Morgan fingerprint density at radius 2 is 1.53 bits per heavy atom. The number of benzene rings is 2. The molecule has 0 fully saturated rings. The predicted octanol–water partition coefficient (Wildman–Crippen LogP) is 4.23. The highest BCUT2D eigenvalue weighted by atomic mass is 14.9. The normalized spacial score (nSPS) is 13.5. The molecule has 1 aliphatic rings. The quantitative estimate of drug-likeness (QED) is 0.803. The summed E-state index contributed by atoms with van der Waals surface area (Å²) in [4.78, 5) is 0. The molecule has 0 aromatic heterocycles. The molecule has 2 aromatic carbocycles. The van der Waals surface area contributed by atoms with E-state index in [1.165, 1.54) is 41.6 Å². The molecule has 17 heavy (non-hydrogen) atoms. The second kappa shape index (κ2) is 4.25. The molecular weight excluding hydrogens is 206 g/mol. The van der Waals surface area contributed by atoms with E-state index in [1.54, 1.807) is 0 Å². The highest BCUT2D eigenvalue weighted by molar-refractivity contribution is 5.61.